The van der Waals surface area contributed by atoms with Crippen molar-refractivity contribution in [3.8, 4) is 0 Å². The molecule has 0 bridgehead atoms. The van der Waals surface area contributed by atoms with Crippen molar-refractivity contribution < 1.29 is 0 Å². The minimum atomic E-state index is 0.834. The Morgan fingerprint density at radius 1 is 0.684 bits per heavy atom. The summed E-state index contributed by atoms with van der Waals surface area (Å²) in [4.78, 5) is 0. The fourth-order valence-corrected chi connectivity index (χ4v) is 3.25. The summed E-state index contributed by atoms with van der Waals surface area (Å²) in [6, 6.07) is 0. The van der Waals surface area contributed by atoms with Crippen LogP contribution >= 0.6 is 0 Å². The van der Waals surface area contributed by atoms with Crippen LogP contribution in [0.4, 0.5) is 0 Å². The molecule has 0 amide bonds. The predicted molar refractivity (Wildman–Crippen MR) is 88.6 cm³/mol. The number of hydrogen-bond acceptors (Lipinski definition) is 1. The van der Waals surface area contributed by atoms with Crippen molar-refractivity contribution >= 4 is 0 Å². The van der Waals surface area contributed by atoms with Gasteiger partial charge in [0.05, 0.1) is 0 Å². The number of nitrogens with one attached hydrogen (secondary N) is 1. The van der Waals surface area contributed by atoms with Gasteiger partial charge in [-0.3, -0.25) is 0 Å². The van der Waals surface area contributed by atoms with E-state index in [4.69, 9.17) is 0 Å². The molecule has 0 aromatic carbocycles. The van der Waals surface area contributed by atoms with Crippen LogP contribution < -0.4 is 5.32 Å². The first kappa shape index (κ1) is 19.0. The van der Waals surface area contributed by atoms with Crippen molar-refractivity contribution in [1.82, 2.24) is 5.32 Å². The van der Waals surface area contributed by atoms with Crippen LogP contribution in [0.15, 0.2) is 0 Å². The molecule has 0 aliphatic heterocycles. The van der Waals surface area contributed by atoms with E-state index in [1.54, 1.807) is 0 Å². The van der Waals surface area contributed by atoms with Crippen molar-refractivity contribution in [3.63, 3.8) is 0 Å². The lowest BCUT2D eigenvalue weighted by Crippen LogP contribution is -2.29. The van der Waals surface area contributed by atoms with E-state index >= 15 is 0 Å². The number of rotatable bonds is 12. The maximum absolute atomic E-state index is 3.77. The Bertz CT molecular complexity index is 166. The van der Waals surface area contributed by atoms with Crippen LogP contribution in [0.2, 0.25) is 0 Å². The van der Waals surface area contributed by atoms with Crippen molar-refractivity contribution in [1.29, 1.82) is 0 Å². The van der Waals surface area contributed by atoms with Gasteiger partial charge in [-0.25, -0.2) is 0 Å². The summed E-state index contributed by atoms with van der Waals surface area (Å²) >= 11 is 0. The number of hydrogen-bond donors (Lipinski definition) is 1. The summed E-state index contributed by atoms with van der Waals surface area (Å²) in [7, 11) is 0. The second-order valence-electron chi connectivity index (χ2n) is 7.23. The molecule has 0 aromatic rings. The molecule has 1 heteroatoms. The van der Waals surface area contributed by atoms with Gasteiger partial charge in [0.2, 0.25) is 0 Å². The molecule has 0 saturated carbocycles. The molecule has 0 fully saturated rings. The lowest BCUT2D eigenvalue weighted by atomic mass is 9.91. The fraction of sp³-hybridized carbons (Fsp3) is 1.00. The fourth-order valence-electron chi connectivity index (χ4n) is 3.25. The molecule has 1 nitrogen and oxygen atoms in total. The standard InChI is InChI=1S/C18H39N/c1-7-9-17(11-15(3)4)13-19-14-18(10-8-2)12-16(5)6/h15-19H,7-14H2,1-6H3. The van der Waals surface area contributed by atoms with E-state index in [0.29, 0.717) is 0 Å². The highest BCUT2D eigenvalue weighted by atomic mass is 14.9. The molecule has 0 heterocycles. The first-order chi connectivity index (χ1) is 8.99. The van der Waals surface area contributed by atoms with Gasteiger partial charge in [-0.15, -0.1) is 0 Å². The molecule has 1 N–H and O–H groups in total. The molecule has 19 heavy (non-hydrogen) atoms. The predicted octanol–water partition coefficient (Wildman–Crippen LogP) is 5.50. The summed E-state index contributed by atoms with van der Waals surface area (Å²) in [6.45, 7) is 16.5. The monoisotopic (exact) mass is 269 g/mol. The van der Waals surface area contributed by atoms with Gasteiger partial charge in [0.1, 0.15) is 0 Å². The van der Waals surface area contributed by atoms with Crippen molar-refractivity contribution in [2.75, 3.05) is 13.1 Å². The molecule has 0 spiro atoms. The van der Waals surface area contributed by atoms with Crippen LogP contribution in [0.1, 0.15) is 80.1 Å². The zero-order valence-corrected chi connectivity index (χ0v) is 14.5. The Morgan fingerprint density at radius 3 is 1.32 bits per heavy atom. The Hall–Kier alpha value is -0.0400. The zero-order valence-electron chi connectivity index (χ0n) is 14.5. The highest BCUT2D eigenvalue weighted by Gasteiger charge is 2.13. The second-order valence-corrected chi connectivity index (χ2v) is 7.23. The third kappa shape index (κ3) is 11.5. The van der Waals surface area contributed by atoms with Gasteiger partial charge in [-0.05, 0) is 62.4 Å². The van der Waals surface area contributed by atoms with Crippen LogP contribution in [0.3, 0.4) is 0 Å². The average molecular weight is 270 g/mol. The van der Waals surface area contributed by atoms with Gasteiger partial charge in [-0.2, -0.15) is 0 Å². The van der Waals surface area contributed by atoms with Gasteiger partial charge in [-0.1, -0.05) is 54.4 Å². The van der Waals surface area contributed by atoms with Crippen LogP contribution in [0, 0.1) is 23.7 Å². The molecule has 0 saturated heterocycles. The summed E-state index contributed by atoms with van der Waals surface area (Å²) < 4.78 is 0. The first-order valence-electron chi connectivity index (χ1n) is 8.70. The van der Waals surface area contributed by atoms with Crippen LogP contribution in [-0.2, 0) is 0 Å². The van der Waals surface area contributed by atoms with Crippen molar-refractivity contribution in [3.05, 3.63) is 0 Å². The van der Waals surface area contributed by atoms with Crippen LogP contribution in [-0.4, -0.2) is 13.1 Å². The van der Waals surface area contributed by atoms with Gasteiger partial charge in [0.25, 0.3) is 0 Å². The Labute approximate surface area is 122 Å². The second kappa shape index (κ2) is 11.8. The summed E-state index contributed by atoms with van der Waals surface area (Å²) in [5.74, 6) is 3.43. The van der Waals surface area contributed by atoms with Crippen molar-refractivity contribution in [2.24, 2.45) is 23.7 Å². The Morgan fingerprint density at radius 2 is 1.05 bits per heavy atom. The molecule has 0 radical (unpaired) electrons. The molecular weight excluding hydrogens is 230 g/mol. The minimum absolute atomic E-state index is 0.834. The Balaban J connectivity index is 3.97. The van der Waals surface area contributed by atoms with Gasteiger partial charge in [0, 0.05) is 0 Å². The normalized spacial score (nSPS) is 15.2. The minimum Gasteiger partial charge on any atom is -0.316 e. The van der Waals surface area contributed by atoms with E-state index in [9.17, 15) is 0 Å². The molecule has 0 rings (SSSR count). The van der Waals surface area contributed by atoms with Crippen molar-refractivity contribution in [2.45, 2.75) is 80.1 Å². The third-order valence-electron chi connectivity index (χ3n) is 3.87. The zero-order chi connectivity index (χ0) is 14.7. The highest BCUT2D eigenvalue weighted by Crippen LogP contribution is 2.18. The molecular formula is C18H39N. The van der Waals surface area contributed by atoms with E-state index in [-0.39, 0.29) is 0 Å². The average Bonchev–Trinajstić information content (AvgIpc) is 2.27. The maximum Gasteiger partial charge on any atom is -0.00203 e. The maximum atomic E-state index is 3.77. The van der Waals surface area contributed by atoms with E-state index in [1.807, 2.05) is 0 Å². The lowest BCUT2D eigenvalue weighted by Gasteiger charge is -2.23. The van der Waals surface area contributed by atoms with E-state index < -0.39 is 0 Å². The molecule has 2 unspecified atom stereocenters. The van der Waals surface area contributed by atoms with Crippen LogP contribution in [0.5, 0.6) is 0 Å². The van der Waals surface area contributed by atoms with Gasteiger partial charge < -0.3 is 5.32 Å². The topological polar surface area (TPSA) is 12.0 Å². The van der Waals surface area contributed by atoms with E-state index in [1.165, 1.54) is 51.6 Å². The lowest BCUT2D eigenvalue weighted by molar-refractivity contribution is 0.324. The molecule has 0 aromatic heterocycles. The molecule has 116 valence electrons. The molecule has 0 aliphatic carbocycles. The first-order valence-corrected chi connectivity index (χ1v) is 8.70. The SMILES string of the molecule is CCCC(CNCC(CCC)CC(C)C)CC(C)C. The smallest absolute Gasteiger partial charge is 0.00203 e. The van der Waals surface area contributed by atoms with Crippen LogP contribution in [0.25, 0.3) is 0 Å². The largest absolute Gasteiger partial charge is 0.316 e. The summed E-state index contributed by atoms with van der Waals surface area (Å²) in [5, 5.41) is 3.77. The summed E-state index contributed by atoms with van der Waals surface area (Å²) in [6.07, 6.45) is 8.17. The summed E-state index contributed by atoms with van der Waals surface area (Å²) in [5.41, 5.74) is 0. The van der Waals surface area contributed by atoms with Gasteiger partial charge in [0.15, 0.2) is 0 Å². The highest BCUT2D eigenvalue weighted by molar-refractivity contribution is 4.68. The third-order valence-corrected chi connectivity index (χ3v) is 3.87. The van der Waals surface area contributed by atoms with E-state index in [0.717, 1.165) is 23.7 Å². The molecule has 2 atom stereocenters. The molecule has 0 aliphatic rings. The quantitative estimate of drug-likeness (QED) is 0.493. The van der Waals surface area contributed by atoms with E-state index in [2.05, 4.69) is 46.9 Å². The van der Waals surface area contributed by atoms with Gasteiger partial charge >= 0.3 is 0 Å². The Kier molecular flexibility index (Phi) is 11.7.